The van der Waals surface area contributed by atoms with Crippen LogP contribution in [0.15, 0.2) is 18.2 Å². The van der Waals surface area contributed by atoms with Gasteiger partial charge in [0, 0.05) is 11.4 Å². The molecule has 1 aromatic rings. The van der Waals surface area contributed by atoms with E-state index in [0.29, 0.717) is 12.2 Å². The largest absolute Gasteiger partial charge is 0.364 e. The first-order valence-electron chi connectivity index (χ1n) is 3.78. The first-order chi connectivity index (χ1) is 5.34. The maximum Gasteiger partial charge on any atom is 0.110 e. The number of benzene rings is 1. The maximum atomic E-state index is 5.85. The normalized spacial score (nSPS) is 31.4. The second-order valence-electron chi connectivity index (χ2n) is 3.14. The van der Waals surface area contributed by atoms with Crippen LogP contribution in [0.1, 0.15) is 17.2 Å². The molecule has 0 unspecified atom stereocenters. The van der Waals surface area contributed by atoms with Crippen molar-refractivity contribution in [3.8, 4) is 0 Å². The Morgan fingerprint density at radius 2 is 2.36 bits per heavy atom. The van der Waals surface area contributed by atoms with Gasteiger partial charge in [0.2, 0.25) is 0 Å². The Morgan fingerprint density at radius 3 is 3.27 bits per heavy atom. The number of rotatable bonds is 0. The SMILES string of the molecule is Clc1ccc2c(c1)[C@@H]1O[C@@H]1C2. The highest BCUT2D eigenvalue weighted by Crippen LogP contribution is 2.49. The lowest BCUT2D eigenvalue weighted by atomic mass is 10.1. The lowest BCUT2D eigenvalue weighted by Gasteiger charge is -2.00. The lowest BCUT2D eigenvalue weighted by Crippen LogP contribution is -1.87. The van der Waals surface area contributed by atoms with Crippen LogP contribution in [0.25, 0.3) is 0 Å². The van der Waals surface area contributed by atoms with Crippen molar-refractivity contribution in [1.82, 2.24) is 0 Å². The average molecular weight is 167 g/mol. The van der Waals surface area contributed by atoms with Crippen molar-refractivity contribution in [1.29, 1.82) is 0 Å². The monoisotopic (exact) mass is 166 g/mol. The fraction of sp³-hybridized carbons (Fsp3) is 0.333. The summed E-state index contributed by atoms with van der Waals surface area (Å²) in [6.07, 6.45) is 1.93. The molecule has 0 bridgehead atoms. The average Bonchev–Trinajstić information content (AvgIpc) is 2.67. The van der Waals surface area contributed by atoms with E-state index in [1.807, 2.05) is 12.1 Å². The van der Waals surface area contributed by atoms with Crippen LogP contribution in [-0.4, -0.2) is 6.10 Å². The number of halogens is 1. The molecular formula is C9H7ClO. The molecule has 0 radical (unpaired) electrons. The van der Waals surface area contributed by atoms with Gasteiger partial charge in [-0.05, 0) is 23.3 Å². The Hall–Kier alpha value is -0.530. The summed E-state index contributed by atoms with van der Waals surface area (Å²) in [5.41, 5.74) is 2.72. The van der Waals surface area contributed by atoms with E-state index in [-0.39, 0.29) is 0 Å². The minimum absolute atomic E-state index is 0.378. The molecule has 1 nitrogen and oxygen atoms in total. The molecule has 0 saturated carbocycles. The van der Waals surface area contributed by atoms with Gasteiger partial charge in [-0.3, -0.25) is 0 Å². The summed E-state index contributed by atoms with van der Waals surface area (Å²) in [5, 5.41) is 0.819. The van der Waals surface area contributed by atoms with Gasteiger partial charge in [-0.15, -0.1) is 0 Å². The van der Waals surface area contributed by atoms with E-state index in [0.717, 1.165) is 11.4 Å². The van der Waals surface area contributed by atoms with Crippen molar-refractivity contribution in [3.63, 3.8) is 0 Å². The lowest BCUT2D eigenvalue weighted by molar-refractivity contribution is 0.361. The molecule has 1 aliphatic carbocycles. The van der Waals surface area contributed by atoms with Crippen molar-refractivity contribution in [2.75, 3.05) is 0 Å². The van der Waals surface area contributed by atoms with Gasteiger partial charge in [0.05, 0.1) is 6.10 Å². The second-order valence-corrected chi connectivity index (χ2v) is 3.58. The van der Waals surface area contributed by atoms with Gasteiger partial charge >= 0.3 is 0 Å². The Labute approximate surface area is 69.9 Å². The van der Waals surface area contributed by atoms with Crippen molar-refractivity contribution >= 4 is 11.6 Å². The van der Waals surface area contributed by atoms with Crippen molar-refractivity contribution in [2.45, 2.75) is 18.6 Å². The third-order valence-electron chi connectivity index (χ3n) is 2.42. The third-order valence-corrected chi connectivity index (χ3v) is 2.65. The summed E-state index contributed by atoms with van der Waals surface area (Å²) in [4.78, 5) is 0. The summed E-state index contributed by atoms with van der Waals surface area (Å²) >= 11 is 5.85. The second kappa shape index (κ2) is 1.79. The van der Waals surface area contributed by atoms with Gasteiger partial charge in [-0.2, -0.15) is 0 Å². The zero-order chi connectivity index (χ0) is 7.42. The Bertz CT molecular complexity index is 321. The molecule has 11 heavy (non-hydrogen) atoms. The van der Waals surface area contributed by atoms with Crippen LogP contribution in [0.3, 0.4) is 0 Å². The molecule has 1 fully saturated rings. The van der Waals surface area contributed by atoms with Crippen LogP contribution >= 0.6 is 11.6 Å². The van der Waals surface area contributed by atoms with Crippen LogP contribution in [0.5, 0.6) is 0 Å². The Morgan fingerprint density at radius 1 is 1.45 bits per heavy atom. The summed E-state index contributed by atoms with van der Waals surface area (Å²) in [7, 11) is 0. The highest BCUT2D eigenvalue weighted by atomic mass is 35.5. The fourth-order valence-electron chi connectivity index (χ4n) is 1.80. The number of fused-ring (bicyclic) bond motifs is 3. The van der Waals surface area contributed by atoms with E-state index in [1.165, 1.54) is 11.1 Å². The van der Waals surface area contributed by atoms with E-state index in [9.17, 15) is 0 Å². The third kappa shape index (κ3) is 0.754. The molecule has 1 heterocycles. The van der Waals surface area contributed by atoms with Crippen LogP contribution in [-0.2, 0) is 11.2 Å². The summed E-state index contributed by atoms with van der Waals surface area (Å²) in [6.45, 7) is 0. The predicted molar refractivity (Wildman–Crippen MR) is 42.8 cm³/mol. The van der Waals surface area contributed by atoms with Crippen LogP contribution in [0.2, 0.25) is 5.02 Å². The molecule has 2 aliphatic rings. The van der Waals surface area contributed by atoms with Gasteiger partial charge in [0.1, 0.15) is 6.10 Å². The molecular weight excluding hydrogens is 160 g/mol. The van der Waals surface area contributed by atoms with E-state index < -0.39 is 0 Å². The topological polar surface area (TPSA) is 12.5 Å². The molecule has 3 rings (SSSR count). The smallest absolute Gasteiger partial charge is 0.110 e. The molecule has 0 aromatic heterocycles. The standard InChI is InChI=1S/C9H7ClO/c10-6-2-1-5-3-8-9(11-8)7(5)4-6/h1-2,4,8-9H,3H2/t8-,9+/m1/s1. The summed E-state index contributed by atoms with van der Waals surface area (Å²) in [6, 6.07) is 6.08. The molecule has 2 heteroatoms. The Balaban J connectivity index is 2.20. The molecule has 2 atom stereocenters. The Kier molecular flexibility index (Phi) is 0.984. The van der Waals surface area contributed by atoms with Gasteiger partial charge in [-0.25, -0.2) is 0 Å². The van der Waals surface area contributed by atoms with E-state index in [4.69, 9.17) is 16.3 Å². The van der Waals surface area contributed by atoms with Crippen LogP contribution in [0.4, 0.5) is 0 Å². The molecule has 1 aliphatic heterocycles. The molecule has 1 saturated heterocycles. The number of ether oxygens (including phenoxy) is 1. The first-order valence-corrected chi connectivity index (χ1v) is 4.16. The summed E-state index contributed by atoms with van der Waals surface area (Å²) in [5.74, 6) is 0. The van der Waals surface area contributed by atoms with Gasteiger partial charge in [0.15, 0.2) is 0 Å². The van der Waals surface area contributed by atoms with Crippen LogP contribution in [0, 0.1) is 0 Å². The van der Waals surface area contributed by atoms with Crippen LogP contribution < -0.4 is 0 Å². The van der Waals surface area contributed by atoms with Gasteiger partial charge in [-0.1, -0.05) is 17.7 Å². The van der Waals surface area contributed by atoms with Crippen molar-refractivity contribution in [2.24, 2.45) is 0 Å². The zero-order valence-electron chi connectivity index (χ0n) is 5.88. The highest BCUT2D eigenvalue weighted by molar-refractivity contribution is 6.30. The highest BCUT2D eigenvalue weighted by Gasteiger charge is 2.46. The molecule has 0 amide bonds. The van der Waals surface area contributed by atoms with E-state index in [1.54, 1.807) is 0 Å². The van der Waals surface area contributed by atoms with Crippen molar-refractivity contribution in [3.05, 3.63) is 34.3 Å². The van der Waals surface area contributed by atoms with Gasteiger partial charge < -0.3 is 4.74 Å². The number of epoxide rings is 1. The molecule has 1 aromatic carbocycles. The number of hydrogen-bond acceptors (Lipinski definition) is 1. The van der Waals surface area contributed by atoms with E-state index >= 15 is 0 Å². The molecule has 56 valence electrons. The number of hydrogen-bond donors (Lipinski definition) is 0. The maximum absolute atomic E-state index is 5.85. The molecule has 0 N–H and O–H groups in total. The molecule has 0 spiro atoms. The van der Waals surface area contributed by atoms with Crippen molar-refractivity contribution < 1.29 is 4.74 Å². The zero-order valence-corrected chi connectivity index (χ0v) is 6.64. The minimum atomic E-state index is 0.378. The van der Waals surface area contributed by atoms with Gasteiger partial charge in [0.25, 0.3) is 0 Å². The quantitative estimate of drug-likeness (QED) is 0.539. The fourth-order valence-corrected chi connectivity index (χ4v) is 1.99. The summed E-state index contributed by atoms with van der Waals surface area (Å²) < 4.78 is 5.38. The first kappa shape index (κ1) is 6.04. The minimum Gasteiger partial charge on any atom is -0.364 e. The predicted octanol–water partition coefficient (Wildman–Crippen LogP) is 2.34. The van der Waals surface area contributed by atoms with E-state index in [2.05, 4.69) is 6.07 Å².